The third kappa shape index (κ3) is 3.56. The van der Waals surface area contributed by atoms with E-state index in [2.05, 4.69) is 5.32 Å². The van der Waals surface area contributed by atoms with Gasteiger partial charge in [-0.3, -0.25) is 19.8 Å². The number of phenols is 1. The highest BCUT2D eigenvalue weighted by atomic mass is 16.6. The SMILES string of the molecule is COc1cc([N+](=O)[O-])cc(/C=C2/NC(=O)N(Cc3ccccc3)C2=O)c1O. The van der Waals surface area contributed by atoms with Gasteiger partial charge in [0.15, 0.2) is 11.5 Å². The number of carbonyl (C=O) groups is 2. The first-order valence-corrected chi connectivity index (χ1v) is 7.84. The number of aromatic hydroxyl groups is 1. The number of nitrogens with zero attached hydrogens (tertiary/aromatic N) is 2. The van der Waals surface area contributed by atoms with Crippen LogP contribution in [0, 0.1) is 10.1 Å². The molecule has 0 spiro atoms. The van der Waals surface area contributed by atoms with Crippen LogP contribution in [0.4, 0.5) is 10.5 Å². The molecule has 3 amide bonds. The summed E-state index contributed by atoms with van der Waals surface area (Å²) in [4.78, 5) is 36.1. The molecule has 2 aromatic rings. The average molecular weight is 369 g/mol. The van der Waals surface area contributed by atoms with E-state index in [-0.39, 0.29) is 35.0 Å². The Kier molecular flexibility index (Phi) is 4.75. The van der Waals surface area contributed by atoms with E-state index < -0.39 is 16.9 Å². The third-order valence-corrected chi connectivity index (χ3v) is 3.97. The molecule has 0 aromatic heterocycles. The van der Waals surface area contributed by atoms with Crippen LogP contribution >= 0.6 is 0 Å². The Labute approximate surface area is 153 Å². The van der Waals surface area contributed by atoms with Gasteiger partial charge in [0, 0.05) is 11.6 Å². The van der Waals surface area contributed by atoms with Gasteiger partial charge in [-0.1, -0.05) is 30.3 Å². The molecule has 138 valence electrons. The van der Waals surface area contributed by atoms with Gasteiger partial charge < -0.3 is 15.2 Å². The summed E-state index contributed by atoms with van der Waals surface area (Å²) in [7, 11) is 1.25. The number of amides is 3. The van der Waals surface area contributed by atoms with Crippen molar-refractivity contribution < 1.29 is 24.4 Å². The van der Waals surface area contributed by atoms with Crippen LogP contribution in [0.15, 0.2) is 48.2 Å². The maximum atomic E-state index is 12.5. The number of ether oxygens (including phenoxy) is 1. The van der Waals surface area contributed by atoms with E-state index in [1.807, 2.05) is 6.07 Å². The molecule has 0 aliphatic carbocycles. The summed E-state index contributed by atoms with van der Waals surface area (Å²) < 4.78 is 4.92. The number of hydrogen-bond donors (Lipinski definition) is 2. The van der Waals surface area contributed by atoms with E-state index in [4.69, 9.17) is 4.74 Å². The fourth-order valence-corrected chi connectivity index (χ4v) is 2.62. The van der Waals surface area contributed by atoms with Crippen LogP contribution in [0.25, 0.3) is 6.08 Å². The van der Waals surface area contributed by atoms with Crippen molar-refractivity contribution in [2.45, 2.75) is 6.54 Å². The summed E-state index contributed by atoms with van der Waals surface area (Å²) in [6, 6.07) is 10.5. The Bertz CT molecular complexity index is 955. The van der Waals surface area contributed by atoms with Gasteiger partial charge in [-0.2, -0.15) is 0 Å². The Balaban J connectivity index is 1.94. The molecule has 1 fully saturated rings. The highest BCUT2D eigenvalue weighted by Gasteiger charge is 2.34. The van der Waals surface area contributed by atoms with E-state index in [9.17, 15) is 24.8 Å². The molecule has 2 N–H and O–H groups in total. The number of methoxy groups -OCH3 is 1. The second-order valence-electron chi connectivity index (χ2n) is 5.71. The molecule has 1 saturated heterocycles. The maximum absolute atomic E-state index is 12.5. The second-order valence-corrected chi connectivity index (χ2v) is 5.71. The number of hydrogen-bond acceptors (Lipinski definition) is 6. The standard InChI is InChI=1S/C18H15N3O6/c1-27-15-9-13(21(25)26)7-12(16(15)22)8-14-17(23)20(18(24)19-14)10-11-5-3-2-4-6-11/h2-9,22H,10H2,1H3,(H,19,24)/b14-8+. The minimum Gasteiger partial charge on any atom is -0.504 e. The lowest BCUT2D eigenvalue weighted by Gasteiger charge is -2.11. The molecule has 3 rings (SSSR count). The lowest BCUT2D eigenvalue weighted by atomic mass is 10.1. The quantitative estimate of drug-likeness (QED) is 0.361. The van der Waals surface area contributed by atoms with Crippen molar-refractivity contribution in [1.82, 2.24) is 10.2 Å². The van der Waals surface area contributed by atoms with Crippen LogP contribution in [0.2, 0.25) is 0 Å². The van der Waals surface area contributed by atoms with Gasteiger partial charge in [-0.05, 0) is 11.6 Å². The van der Waals surface area contributed by atoms with Crippen LogP contribution in [0.3, 0.4) is 0 Å². The normalized spacial score (nSPS) is 15.1. The number of imide groups is 1. The molecular weight excluding hydrogens is 354 g/mol. The van der Waals surface area contributed by atoms with Crippen molar-refractivity contribution in [3.8, 4) is 11.5 Å². The van der Waals surface area contributed by atoms with E-state index in [1.165, 1.54) is 13.2 Å². The molecule has 0 atom stereocenters. The Hall–Kier alpha value is -3.88. The first-order chi connectivity index (χ1) is 12.9. The molecule has 0 unspecified atom stereocenters. The molecule has 27 heavy (non-hydrogen) atoms. The van der Waals surface area contributed by atoms with Crippen molar-refractivity contribution in [2.24, 2.45) is 0 Å². The Morgan fingerprint density at radius 1 is 1.26 bits per heavy atom. The number of carbonyl (C=O) groups excluding carboxylic acids is 2. The molecule has 0 radical (unpaired) electrons. The molecule has 2 aromatic carbocycles. The fourth-order valence-electron chi connectivity index (χ4n) is 2.62. The minimum absolute atomic E-state index is 0.0220. The first kappa shape index (κ1) is 17.9. The minimum atomic E-state index is -0.652. The molecule has 1 aliphatic rings. The smallest absolute Gasteiger partial charge is 0.329 e. The number of nitrogens with one attached hydrogen (secondary N) is 1. The average Bonchev–Trinajstić information content (AvgIpc) is 2.91. The largest absolute Gasteiger partial charge is 0.504 e. The monoisotopic (exact) mass is 369 g/mol. The van der Waals surface area contributed by atoms with Crippen molar-refractivity contribution >= 4 is 23.7 Å². The summed E-state index contributed by atoms with van der Waals surface area (Å²) in [5, 5.41) is 23.6. The van der Waals surface area contributed by atoms with Gasteiger partial charge in [0.05, 0.1) is 24.6 Å². The number of nitro groups is 1. The van der Waals surface area contributed by atoms with Crippen molar-refractivity contribution in [1.29, 1.82) is 0 Å². The van der Waals surface area contributed by atoms with E-state index >= 15 is 0 Å². The van der Waals surface area contributed by atoms with Crippen LogP contribution in [-0.2, 0) is 11.3 Å². The van der Waals surface area contributed by atoms with E-state index in [0.29, 0.717) is 0 Å². The van der Waals surface area contributed by atoms with Crippen LogP contribution in [0.5, 0.6) is 11.5 Å². The molecule has 9 nitrogen and oxygen atoms in total. The van der Waals surface area contributed by atoms with Crippen molar-refractivity contribution in [2.75, 3.05) is 7.11 Å². The molecule has 1 heterocycles. The molecule has 9 heteroatoms. The zero-order valence-corrected chi connectivity index (χ0v) is 14.2. The molecule has 0 bridgehead atoms. The summed E-state index contributed by atoms with van der Waals surface area (Å²) in [5.41, 5.74) is 0.316. The number of nitro benzene ring substituents is 1. The summed E-state index contributed by atoms with van der Waals surface area (Å²) >= 11 is 0. The van der Waals surface area contributed by atoms with Crippen molar-refractivity contribution in [3.05, 3.63) is 69.4 Å². The fraction of sp³-hybridized carbons (Fsp3) is 0.111. The molecular formula is C18H15N3O6. The zero-order chi connectivity index (χ0) is 19.6. The number of urea groups is 1. The highest BCUT2D eigenvalue weighted by molar-refractivity contribution is 6.14. The highest BCUT2D eigenvalue weighted by Crippen LogP contribution is 2.36. The van der Waals surface area contributed by atoms with Gasteiger partial charge in [-0.15, -0.1) is 0 Å². The Morgan fingerprint density at radius 2 is 1.96 bits per heavy atom. The lowest BCUT2D eigenvalue weighted by molar-refractivity contribution is -0.385. The van der Waals surface area contributed by atoms with E-state index in [0.717, 1.165) is 22.6 Å². The topological polar surface area (TPSA) is 122 Å². The first-order valence-electron chi connectivity index (χ1n) is 7.84. The zero-order valence-electron chi connectivity index (χ0n) is 14.2. The number of non-ortho nitro benzene ring substituents is 1. The number of benzene rings is 2. The van der Waals surface area contributed by atoms with Gasteiger partial charge in [0.25, 0.3) is 11.6 Å². The van der Waals surface area contributed by atoms with Gasteiger partial charge in [-0.25, -0.2) is 4.79 Å². The third-order valence-electron chi connectivity index (χ3n) is 3.97. The molecule has 1 aliphatic heterocycles. The lowest BCUT2D eigenvalue weighted by Crippen LogP contribution is -2.30. The number of rotatable bonds is 5. The predicted octanol–water partition coefficient (Wildman–Crippen LogP) is 2.40. The predicted molar refractivity (Wildman–Crippen MR) is 94.8 cm³/mol. The van der Waals surface area contributed by atoms with Crippen LogP contribution < -0.4 is 10.1 Å². The van der Waals surface area contributed by atoms with Crippen LogP contribution in [0.1, 0.15) is 11.1 Å². The molecule has 0 saturated carbocycles. The summed E-state index contributed by atoms with van der Waals surface area (Å²) in [6.07, 6.45) is 1.18. The second kappa shape index (κ2) is 7.16. The number of phenolic OH excluding ortho intramolecular Hbond substituents is 1. The maximum Gasteiger partial charge on any atom is 0.329 e. The van der Waals surface area contributed by atoms with Gasteiger partial charge in [0.1, 0.15) is 5.70 Å². The summed E-state index contributed by atoms with van der Waals surface area (Å²) in [5.74, 6) is -1.10. The van der Waals surface area contributed by atoms with Crippen LogP contribution in [-0.4, -0.2) is 34.0 Å². The Morgan fingerprint density at radius 3 is 2.59 bits per heavy atom. The summed E-state index contributed by atoms with van der Waals surface area (Å²) in [6.45, 7) is 0.0765. The van der Waals surface area contributed by atoms with Gasteiger partial charge >= 0.3 is 6.03 Å². The van der Waals surface area contributed by atoms with Gasteiger partial charge in [0.2, 0.25) is 0 Å². The van der Waals surface area contributed by atoms with Crippen molar-refractivity contribution in [3.63, 3.8) is 0 Å². The van der Waals surface area contributed by atoms with E-state index in [1.54, 1.807) is 24.3 Å².